The maximum absolute atomic E-state index is 15.3. The number of Topliss-reactive ketones (excluding diaryl/α,β-unsaturated/α-hetero) is 1. The van der Waals surface area contributed by atoms with Gasteiger partial charge in [0.1, 0.15) is 17.3 Å². The molecule has 2 aromatic carbocycles. The van der Waals surface area contributed by atoms with Crippen LogP contribution in [-0.4, -0.2) is 69.7 Å². The van der Waals surface area contributed by atoms with Crippen LogP contribution in [0.25, 0.3) is 5.76 Å². The van der Waals surface area contributed by atoms with E-state index < -0.39 is 68.4 Å². The molecule has 0 bridgehead atoms. The van der Waals surface area contributed by atoms with Crippen LogP contribution in [0.4, 0.5) is 5.69 Å². The number of hydrogen-bond donors (Lipinski definition) is 3. The summed E-state index contributed by atoms with van der Waals surface area (Å²) < 4.78 is 10.6. The zero-order valence-corrected chi connectivity index (χ0v) is 25.7. The van der Waals surface area contributed by atoms with Crippen molar-refractivity contribution in [3.63, 3.8) is 0 Å². The van der Waals surface area contributed by atoms with Crippen LogP contribution in [0.1, 0.15) is 32.8 Å². The number of para-hydroxylation sites is 2. The first kappa shape index (κ1) is 30.4. The van der Waals surface area contributed by atoms with E-state index in [0.29, 0.717) is 11.3 Å². The van der Waals surface area contributed by atoms with Gasteiger partial charge in [-0.25, -0.2) is 0 Å². The van der Waals surface area contributed by atoms with Gasteiger partial charge in [0.2, 0.25) is 11.7 Å². The van der Waals surface area contributed by atoms with Crippen molar-refractivity contribution in [3.05, 3.63) is 94.4 Å². The molecule has 46 heavy (non-hydrogen) atoms. The number of ketones is 2. The number of aromatic hydroxyl groups is 1. The highest BCUT2D eigenvalue weighted by Gasteiger charge is 2.75. The van der Waals surface area contributed by atoms with Crippen molar-refractivity contribution in [2.45, 2.75) is 38.3 Å². The van der Waals surface area contributed by atoms with E-state index in [-0.39, 0.29) is 29.1 Å². The Morgan fingerprint density at radius 3 is 2.20 bits per heavy atom. The molecule has 0 aromatic heterocycles. The van der Waals surface area contributed by atoms with E-state index in [1.54, 1.807) is 20.8 Å². The summed E-state index contributed by atoms with van der Waals surface area (Å²) in [6.45, 7) is 5.13. The molecule has 236 valence electrons. The summed E-state index contributed by atoms with van der Waals surface area (Å²) in [5, 5.41) is 22.8. The predicted molar refractivity (Wildman–Crippen MR) is 164 cm³/mol. The van der Waals surface area contributed by atoms with Crippen LogP contribution in [0, 0.1) is 5.41 Å². The van der Waals surface area contributed by atoms with Gasteiger partial charge in [0.05, 0.1) is 36.5 Å². The molecule has 12 heteroatoms. The second-order valence-electron chi connectivity index (χ2n) is 12.2. The van der Waals surface area contributed by atoms with E-state index in [9.17, 15) is 29.4 Å². The number of ether oxygens (including phenoxy) is 2. The number of nitrogens with zero attached hydrogens (tertiary/aromatic N) is 2. The lowest BCUT2D eigenvalue weighted by molar-refractivity contribution is -0.135. The monoisotopic (exact) mass is 625 g/mol. The number of allylic oxidation sites excluding steroid dienone is 2. The van der Waals surface area contributed by atoms with Gasteiger partial charge in [-0.3, -0.25) is 28.9 Å². The lowest BCUT2D eigenvalue weighted by Gasteiger charge is -2.39. The molecule has 2 fully saturated rings. The minimum Gasteiger partial charge on any atom is -0.507 e. The van der Waals surface area contributed by atoms with Crippen molar-refractivity contribution in [1.29, 1.82) is 0 Å². The van der Waals surface area contributed by atoms with Gasteiger partial charge in [0.25, 0.3) is 11.7 Å². The Hall–Kier alpha value is -5.65. The number of primary amides is 1. The van der Waals surface area contributed by atoms with Gasteiger partial charge in [-0.15, -0.1) is 0 Å². The molecule has 2 unspecified atom stereocenters. The molecule has 2 spiro atoms. The number of aliphatic hydroxyl groups excluding tert-OH is 1. The van der Waals surface area contributed by atoms with Gasteiger partial charge in [-0.1, -0.05) is 17.7 Å². The van der Waals surface area contributed by atoms with Crippen LogP contribution in [0.15, 0.2) is 88.9 Å². The first-order chi connectivity index (χ1) is 21.7. The Kier molecular flexibility index (Phi) is 6.56. The summed E-state index contributed by atoms with van der Waals surface area (Å²) in [6, 6.07) is 11.4. The Morgan fingerprint density at radius 1 is 0.957 bits per heavy atom. The Labute approximate surface area is 263 Å². The third-order valence-electron chi connectivity index (χ3n) is 9.26. The molecule has 0 saturated carbocycles. The van der Waals surface area contributed by atoms with E-state index in [1.165, 1.54) is 79.8 Å². The van der Waals surface area contributed by atoms with Crippen LogP contribution >= 0.6 is 0 Å². The SMILES string of the molecule is COC1=CC2(CC(C)(C)N3C(=O)C4(C(C(N)=O)=C32)/C(=C(\O)c2ccc(OC)cc2)C(=O)C(=O)N4c2ccccc2O)C(C)=CC1=O. The number of hydrogen-bond acceptors (Lipinski definition) is 9. The average molecular weight is 626 g/mol. The second-order valence-corrected chi connectivity index (χ2v) is 12.2. The summed E-state index contributed by atoms with van der Waals surface area (Å²) >= 11 is 0. The minimum absolute atomic E-state index is 0.0359. The molecular weight excluding hydrogens is 594 g/mol. The third kappa shape index (κ3) is 3.69. The topological polar surface area (TPSA) is 177 Å². The number of phenols is 1. The fourth-order valence-electron chi connectivity index (χ4n) is 7.40. The van der Waals surface area contributed by atoms with E-state index in [1.807, 2.05) is 0 Å². The summed E-state index contributed by atoms with van der Waals surface area (Å²) in [5.74, 6) is -5.92. The zero-order valence-electron chi connectivity index (χ0n) is 25.7. The number of benzene rings is 2. The number of phenolic OH excluding ortho intramolecular Hbond substituents is 1. The highest BCUT2D eigenvalue weighted by Crippen LogP contribution is 2.64. The number of carbonyl (C=O) groups is 5. The highest BCUT2D eigenvalue weighted by molar-refractivity contribution is 6.56. The van der Waals surface area contributed by atoms with E-state index in [4.69, 9.17) is 15.2 Å². The van der Waals surface area contributed by atoms with Gasteiger partial charge in [0.15, 0.2) is 11.3 Å². The van der Waals surface area contributed by atoms with Crippen molar-refractivity contribution < 1.29 is 43.7 Å². The molecule has 12 nitrogen and oxygen atoms in total. The summed E-state index contributed by atoms with van der Waals surface area (Å²) in [4.78, 5) is 72.3. The van der Waals surface area contributed by atoms with Gasteiger partial charge in [-0.05, 0) is 75.7 Å². The Bertz CT molecular complexity index is 1920. The lowest BCUT2D eigenvalue weighted by atomic mass is 9.68. The van der Waals surface area contributed by atoms with Crippen molar-refractivity contribution in [3.8, 4) is 11.5 Å². The quantitative estimate of drug-likeness (QED) is 0.256. The predicted octanol–water partition coefficient (Wildman–Crippen LogP) is 2.83. The normalized spacial score (nSPS) is 26.2. The number of nitrogens with two attached hydrogens (primary N) is 1. The fraction of sp³-hybridized carbons (Fsp3) is 0.265. The number of carbonyl (C=O) groups excluding carboxylic acids is 5. The first-order valence-corrected chi connectivity index (χ1v) is 14.3. The fourth-order valence-corrected chi connectivity index (χ4v) is 7.40. The molecule has 3 aliphatic heterocycles. The van der Waals surface area contributed by atoms with Gasteiger partial charge in [-0.2, -0.15) is 0 Å². The minimum atomic E-state index is -2.65. The van der Waals surface area contributed by atoms with Crippen molar-refractivity contribution in [2.75, 3.05) is 19.1 Å². The van der Waals surface area contributed by atoms with E-state index >= 15 is 4.79 Å². The molecular formula is C34H31N3O9. The van der Waals surface area contributed by atoms with E-state index in [2.05, 4.69) is 0 Å². The Balaban J connectivity index is 1.81. The lowest BCUT2D eigenvalue weighted by Crippen LogP contribution is -2.59. The number of rotatable bonds is 5. The summed E-state index contributed by atoms with van der Waals surface area (Å²) in [5.41, 5.74) is 0.182. The summed E-state index contributed by atoms with van der Waals surface area (Å²) in [7, 11) is 2.76. The smallest absolute Gasteiger partial charge is 0.300 e. The number of fused-ring (bicyclic) bond motifs is 2. The zero-order chi connectivity index (χ0) is 33.5. The molecule has 1 aliphatic carbocycles. The van der Waals surface area contributed by atoms with Crippen LogP contribution < -0.4 is 15.4 Å². The molecule has 2 aromatic rings. The Morgan fingerprint density at radius 2 is 1.61 bits per heavy atom. The maximum atomic E-state index is 15.3. The average Bonchev–Trinajstić information content (AvgIpc) is 3.52. The van der Waals surface area contributed by atoms with Gasteiger partial charge >= 0.3 is 5.91 Å². The van der Waals surface area contributed by atoms with Gasteiger partial charge in [0, 0.05) is 16.8 Å². The van der Waals surface area contributed by atoms with Crippen molar-refractivity contribution >= 4 is 40.7 Å². The molecule has 6 rings (SSSR count). The third-order valence-corrected chi connectivity index (χ3v) is 9.26. The molecule has 3 heterocycles. The van der Waals surface area contributed by atoms with Crippen LogP contribution in [-0.2, 0) is 28.7 Å². The summed E-state index contributed by atoms with van der Waals surface area (Å²) in [6.07, 6.45) is 3.04. The van der Waals surface area contributed by atoms with Crippen molar-refractivity contribution in [1.82, 2.24) is 4.90 Å². The van der Waals surface area contributed by atoms with E-state index in [0.717, 1.165) is 4.90 Å². The molecule has 4 N–H and O–H groups in total. The molecule has 0 radical (unpaired) electrons. The van der Waals surface area contributed by atoms with Crippen LogP contribution in [0.2, 0.25) is 0 Å². The van der Waals surface area contributed by atoms with Crippen LogP contribution in [0.3, 0.4) is 0 Å². The molecule has 4 aliphatic rings. The number of methoxy groups -OCH3 is 2. The first-order valence-electron chi connectivity index (χ1n) is 14.3. The number of aliphatic hydroxyl groups is 1. The number of anilines is 1. The molecule has 2 saturated heterocycles. The standard InChI is InChI=1S/C34H31N3O9/c1-17-14-22(39)23(46-5)15-33(17)16-32(2,3)37-28(33)25(29(35)42)34(31(37)44)24(26(40)18-10-12-19(45-4)13-11-18)27(41)30(43)36(34)20-8-6-7-9-21(20)38/h6-15,38,40H,16H2,1-5H3,(H2,35,42)/b26-24-. The van der Waals surface area contributed by atoms with Crippen molar-refractivity contribution in [2.24, 2.45) is 11.1 Å². The largest absolute Gasteiger partial charge is 0.507 e. The molecule has 3 amide bonds. The van der Waals surface area contributed by atoms with Gasteiger partial charge < -0.3 is 30.3 Å². The number of amides is 3. The second kappa shape index (κ2) is 9.93. The highest BCUT2D eigenvalue weighted by atomic mass is 16.5. The maximum Gasteiger partial charge on any atom is 0.300 e. The van der Waals surface area contributed by atoms with Crippen LogP contribution in [0.5, 0.6) is 11.5 Å². The molecule has 2 atom stereocenters.